The van der Waals surface area contributed by atoms with Gasteiger partial charge in [0, 0.05) is 44.8 Å². The molecule has 0 radical (unpaired) electrons. The fourth-order valence-electron chi connectivity index (χ4n) is 4.30. The molecule has 1 saturated heterocycles. The van der Waals surface area contributed by atoms with Gasteiger partial charge in [-0.3, -0.25) is 4.90 Å². The molecule has 0 amide bonds. The zero-order valence-electron chi connectivity index (χ0n) is 18.1. The van der Waals surface area contributed by atoms with Crippen molar-refractivity contribution in [2.45, 2.75) is 38.0 Å². The highest BCUT2D eigenvalue weighted by Crippen LogP contribution is 2.45. The minimum absolute atomic E-state index is 0.135. The van der Waals surface area contributed by atoms with Gasteiger partial charge in [-0.25, -0.2) is 0 Å². The molecule has 4 rings (SSSR count). The smallest absolute Gasteiger partial charge is 0.119 e. The summed E-state index contributed by atoms with van der Waals surface area (Å²) in [5.74, 6) is 0.828. The molecule has 0 bridgehead atoms. The number of nitrogens with zero attached hydrogens (tertiary/aromatic N) is 2. The number of piperazine rings is 1. The monoisotopic (exact) mass is 409 g/mol. The van der Waals surface area contributed by atoms with Crippen molar-refractivity contribution < 1.29 is 9.84 Å². The van der Waals surface area contributed by atoms with Crippen LogP contribution in [0.5, 0.6) is 5.75 Å². The number of hydrogen-bond donors (Lipinski definition) is 2. The van der Waals surface area contributed by atoms with Gasteiger partial charge in [-0.05, 0) is 42.6 Å². The lowest BCUT2D eigenvalue weighted by molar-refractivity contribution is 0.0471. The van der Waals surface area contributed by atoms with E-state index in [2.05, 4.69) is 64.5 Å². The largest absolute Gasteiger partial charge is 0.491 e. The van der Waals surface area contributed by atoms with E-state index in [1.807, 2.05) is 12.1 Å². The second-order valence-electron chi connectivity index (χ2n) is 8.65. The minimum atomic E-state index is -0.465. The SMILES string of the molecule is CCN1CCN(C[C@@H](O)COc2cccc(CNC3(c4ccccc4)CC3)c2)CC1. The maximum atomic E-state index is 10.4. The Kier molecular flexibility index (Phi) is 7.05. The third-order valence-corrected chi connectivity index (χ3v) is 6.43. The Bertz CT molecular complexity index is 786. The van der Waals surface area contributed by atoms with Crippen LogP contribution < -0.4 is 10.1 Å². The van der Waals surface area contributed by atoms with Gasteiger partial charge < -0.3 is 20.1 Å². The lowest BCUT2D eigenvalue weighted by Gasteiger charge is -2.34. The van der Waals surface area contributed by atoms with Crippen molar-refractivity contribution in [2.75, 3.05) is 45.9 Å². The van der Waals surface area contributed by atoms with Gasteiger partial charge in [-0.2, -0.15) is 0 Å². The van der Waals surface area contributed by atoms with Crippen LogP contribution in [0.3, 0.4) is 0 Å². The first kappa shape index (κ1) is 21.3. The number of rotatable bonds is 10. The highest BCUT2D eigenvalue weighted by molar-refractivity contribution is 5.32. The zero-order chi connectivity index (χ0) is 20.8. The maximum absolute atomic E-state index is 10.4. The zero-order valence-corrected chi connectivity index (χ0v) is 18.1. The fourth-order valence-corrected chi connectivity index (χ4v) is 4.30. The van der Waals surface area contributed by atoms with Crippen molar-refractivity contribution in [2.24, 2.45) is 0 Å². The first-order valence-electron chi connectivity index (χ1n) is 11.3. The Labute approximate surface area is 180 Å². The molecular formula is C25H35N3O2. The number of aliphatic hydroxyl groups is 1. The van der Waals surface area contributed by atoms with E-state index < -0.39 is 6.10 Å². The average Bonchev–Trinajstić information content (AvgIpc) is 3.59. The molecule has 30 heavy (non-hydrogen) atoms. The van der Waals surface area contributed by atoms with Gasteiger partial charge in [0.15, 0.2) is 0 Å². The summed E-state index contributed by atoms with van der Waals surface area (Å²) in [7, 11) is 0. The first-order valence-corrected chi connectivity index (χ1v) is 11.3. The molecule has 2 aliphatic rings. The number of ether oxygens (including phenoxy) is 1. The summed E-state index contributed by atoms with van der Waals surface area (Å²) < 4.78 is 5.91. The van der Waals surface area contributed by atoms with Crippen LogP contribution in [0.25, 0.3) is 0 Å². The lowest BCUT2D eigenvalue weighted by Crippen LogP contribution is -2.49. The number of β-amino-alcohol motifs (C(OH)–C–C–N with tert-alkyl or cyclic N) is 1. The molecule has 1 aliphatic carbocycles. The van der Waals surface area contributed by atoms with E-state index in [1.54, 1.807) is 0 Å². The molecule has 2 aromatic carbocycles. The number of nitrogens with one attached hydrogen (secondary N) is 1. The molecule has 0 spiro atoms. The lowest BCUT2D eigenvalue weighted by atomic mass is 10.0. The molecule has 0 aromatic heterocycles. The third-order valence-electron chi connectivity index (χ3n) is 6.43. The molecule has 2 N–H and O–H groups in total. The molecule has 0 unspecified atom stereocenters. The van der Waals surface area contributed by atoms with Gasteiger partial charge in [0.25, 0.3) is 0 Å². The quantitative estimate of drug-likeness (QED) is 0.632. The summed E-state index contributed by atoms with van der Waals surface area (Å²) in [5, 5.41) is 14.1. The molecule has 1 saturated carbocycles. The van der Waals surface area contributed by atoms with Crippen LogP contribution >= 0.6 is 0 Å². The molecule has 162 valence electrons. The van der Waals surface area contributed by atoms with Crippen LogP contribution in [-0.2, 0) is 12.1 Å². The number of benzene rings is 2. The molecule has 2 aromatic rings. The Morgan fingerprint density at radius 3 is 2.43 bits per heavy atom. The normalized spacial score (nSPS) is 20.1. The summed E-state index contributed by atoms with van der Waals surface area (Å²) >= 11 is 0. The molecule has 1 heterocycles. The molecule has 5 nitrogen and oxygen atoms in total. The van der Waals surface area contributed by atoms with Crippen molar-refractivity contribution in [3.63, 3.8) is 0 Å². The molecule has 2 fully saturated rings. The minimum Gasteiger partial charge on any atom is -0.491 e. The van der Waals surface area contributed by atoms with E-state index in [4.69, 9.17) is 4.74 Å². The summed E-state index contributed by atoms with van der Waals surface area (Å²) in [6.45, 7) is 9.36. The van der Waals surface area contributed by atoms with E-state index in [-0.39, 0.29) is 5.54 Å². The van der Waals surface area contributed by atoms with E-state index in [0.717, 1.165) is 45.0 Å². The van der Waals surface area contributed by atoms with Crippen LogP contribution in [0.2, 0.25) is 0 Å². The van der Waals surface area contributed by atoms with Crippen molar-refractivity contribution >= 4 is 0 Å². The van der Waals surface area contributed by atoms with Gasteiger partial charge in [0.05, 0.1) is 0 Å². The number of hydrogen-bond acceptors (Lipinski definition) is 5. The van der Waals surface area contributed by atoms with E-state index in [9.17, 15) is 5.11 Å². The number of likely N-dealkylation sites (N-methyl/N-ethyl adjacent to an activating group) is 1. The Hall–Kier alpha value is -1.92. The molecule has 1 atom stereocenters. The van der Waals surface area contributed by atoms with Crippen LogP contribution in [0.1, 0.15) is 30.9 Å². The van der Waals surface area contributed by atoms with Gasteiger partial charge >= 0.3 is 0 Å². The Morgan fingerprint density at radius 2 is 1.73 bits per heavy atom. The highest BCUT2D eigenvalue weighted by Gasteiger charge is 2.43. The third kappa shape index (κ3) is 5.61. The summed E-state index contributed by atoms with van der Waals surface area (Å²) in [6.07, 6.45) is 1.91. The second-order valence-corrected chi connectivity index (χ2v) is 8.65. The Morgan fingerprint density at radius 1 is 1.00 bits per heavy atom. The van der Waals surface area contributed by atoms with Crippen molar-refractivity contribution in [3.8, 4) is 5.75 Å². The summed E-state index contributed by atoms with van der Waals surface area (Å²) in [4.78, 5) is 4.78. The molecular weight excluding hydrogens is 374 g/mol. The Balaban J connectivity index is 1.23. The van der Waals surface area contributed by atoms with Crippen LogP contribution in [0, 0.1) is 0 Å². The van der Waals surface area contributed by atoms with Gasteiger partial charge in [0.1, 0.15) is 18.5 Å². The first-order chi connectivity index (χ1) is 14.7. The fraction of sp³-hybridized carbons (Fsp3) is 0.520. The van der Waals surface area contributed by atoms with Gasteiger partial charge in [-0.15, -0.1) is 0 Å². The van der Waals surface area contributed by atoms with Crippen molar-refractivity contribution in [1.29, 1.82) is 0 Å². The van der Waals surface area contributed by atoms with Crippen LogP contribution in [-0.4, -0.2) is 66.9 Å². The summed E-state index contributed by atoms with van der Waals surface area (Å²) in [6, 6.07) is 18.9. The van der Waals surface area contributed by atoms with E-state index >= 15 is 0 Å². The maximum Gasteiger partial charge on any atom is 0.119 e. The van der Waals surface area contributed by atoms with Gasteiger partial charge in [-0.1, -0.05) is 49.4 Å². The van der Waals surface area contributed by atoms with Crippen molar-refractivity contribution in [1.82, 2.24) is 15.1 Å². The second kappa shape index (κ2) is 9.92. The summed E-state index contributed by atoms with van der Waals surface area (Å²) in [5.41, 5.74) is 2.72. The topological polar surface area (TPSA) is 48.0 Å². The highest BCUT2D eigenvalue weighted by atomic mass is 16.5. The standard InChI is InChI=1S/C25H35N3O2/c1-2-27-13-15-28(16-14-27)19-23(29)20-30-24-10-6-7-21(17-24)18-26-25(11-12-25)22-8-4-3-5-9-22/h3-10,17,23,26,29H,2,11-16,18-20H2,1H3/t23-/m1/s1. The molecule has 5 heteroatoms. The predicted octanol–water partition coefficient (Wildman–Crippen LogP) is 2.84. The predicted molar refractivity (Wildman–Crippen MR) is 121 cm³/mol. The molecule has 1 aliphatic heterocycles. The average molecular weight is 410 g/mol. The van der Waals surface area contributed by atoms with Gasteiger partial charge in [0.2, 0.25) is 0 Å². The van der Waals surface area contributed by atoms with Crippen LogP contribution in [0.4, 0.5) is 0 Å². The van der Waals surface area contributed by atoms with E-state index in [1.165, 1.54) is 24.0 Å². The van der Waals surface area contributed by atoms with Crippen LogP contribution in [0.15, 0.2) is 54.6 Å². The van der Waals surface area contributed by atoms with Crippen molar-refractivity contribution in [3.05, 3.63) is 65.7 Å². The van der Waals surface area contributed by atoms with E-state index in [0.29, 0.717) is 13.2 Å². The number of aliphatic hydroxyl groups excluding tert-OH is 1.